The number of carbonyl (C=O) groups excluding carboxylic acids is 2. The van der Waals surface area contributed by atoms with Crippen molar-refractivity contribution in [3.63, 3.8) is 0 Å². The Bertz CT molecular complexity index is 605. The molecule has 142 valence electrons. The minimum Gasteiger partial charge on any atom is -0.341 e. The van der Waals surface area contributed by atoms with E-state index in [1.165, 1.54) is 30.4 Å². The second kappa shape index (κ2) is 9.20. The molecule has 4 heteroatoms. The van der Waals surface area contributed by atoms with Crippen LogP contribution in [0.1, 0.15) is 56.1 Å². The average molecular weight is 357 g/mol. The summed E-state index contributed by atoms with van der Waals surface area (Å²) in [5.41, 5.74) is 2.46. The van der Waals surface area contributed by atoms with E-state index in [2.05, 4.69) is 31.2 Å². The molecule has 0 aromatic heterocycles. The molecular weight excluding hydrogens is 324 g/mol. The van der Waals surface area contributed by atoms with Gasteiger partial charge in [-0.15, -0.1) is 0 Å². The van der Waals surface area contributed by atoms with Crippen LogP contribution in [0.25, 0.3) is 0 Å². The van der Waals surface area contributed by atoms with Crippen LogP contribution in [0.2, 0.25) is 0 Å². The van der Waals surface area contributed by atoms with E-state index in [1.807, 2.05) is 9.80 Å². The first-order valence-corrected chi connectivity index (χ1v) is 10.3. The van der Waals surface area contributed by atoms with Crippen molar-refractivity contribution < 1.29 is 9.59 Å². The van der Waals surface area contributed by atoms with Crippen LogP contribution in [-0.4, -0.2) is 47.8 Å². The lowest BCUT2D eigenvalue weighted by atomic mass is 9.88. The summed E-state index contributed by atoms with van der Waals surface area (Å²) in [6, 6.07) is 8.41. The second-order valence-corrected chi connectivity index (χ2v) is 7.88. The van der Waals surface area contributed by atoms with Gasteiger partial charge in [-0.25, -0.2) is 0 Å². The highest BCUT2D eigenvalue weighted by Gasteiger charge is 2.28. The molecule has 26 heavy (non-hydrogen) atoms. The summed E-state index contributed by atoms with van der Waals surface area (Å²) in [5, 5.41) is 0. The molecule has 1 aliphatic heterocycles. The first-order valence-electron chi connectivity index (χ1n) is 10.3. The minimum atomic E-state index is 0.220. The van der Waals surface area contributed by atoms with Crippen molar-refractivity contribution in [1.82, 2.24) is 9.80 Å². The number of rotatable bonds is 4. The largest absolute Gasteiger partial charge is 0.341 e. The number of amides is 2. The van der Waals surface area contributed by atoms with Gasteiger partial charge in [0.15, 0.2) is 0 Å². The molecule has 0 spiro atoms. The fourth-order valence-corrected chi connectivity index (χ4v) is 4.16. The van der Waals surface area contributed by atoms with Crippen LogP contribution in [0.5, 0.6) is 0 Å². The number of carbonyl (C=O) groups is 2. The molecule has 1 aromatic rings. The van der Waals surface area contributed by atoms with Crippen LogP contribution in [-0.2, 0) is 16.0 Å². The standard InChI is InChI=1S/C22H32N2O2/c1-18-8-10-19(11-9-18)12-13-21(25)23-14-5-15-24(17-16-23)22(26)20-6-3-2-4-7-20/h8-11,20H,2-7,12-17H2,1H3. The van der Waals surface area contributed by atoms with Gasteiger partial charge in [0, 0.05) is 38.5 Å². The average Bonchev–Trinajstić information content (AvgIpc) is 2.94. The summed E-state index contributed by atoms with van der Waals surface area (Å²) in [5.74, 6) is 0.781. The highest BCUT2D eigenvalue weighted by atomic mass is 16.2. The molecule has 0 unspecified atom stereocenters. The lowest BCUT2D eigenvalue weighted by molar-refractivity contribution is -0.137. The van der Waals surface area contributed by atoms with Gasteiger partial charge in [0.25, 0.3) is 0 Å². The maximum absolute atomic E-state index is 12.7. The van der Waals surface area contributed by atoms with Gasteiger partial charge in [-0.05, 0) is 38.2 Å². The second-order valence-electron chi connectivity index (χ2n) is 7.88. The Balaban J connectivity index is 1.47. The van der Waals surface area contributed by atoms with E-state index in [0.717, 1.165) is 38.8 Å². The molecular formula is C22H32N2O2. The fraction of sp³-hybridized carbons (Fsp3) is 0.636. The molecule has 3 rings (SSSR count). The number of hydrogen-bond donors (Lipinski definition) is 0. The molecule has 2 amide bonds. The van der Waals surface area contributed by atoms with Crippen molar-refractivity contribution in [2.24, 2.45) is 5.92 Å². The molecule has 1 aromatic carbocycles. The van der Waals surface area contributed by atoms with Gasteiger partial charge >= 0.3 is 0 Å². The predicted octanol–water partition coefficient (Wildman–Crippen LogP) is 3.57. The summed E-state index contributed by atoms with van der Waals surface area (Å²) in [6.45, 7) is 5.04. The molecule has 0 bridgehead atoms. The molecule has 2 fully saturated rings. The lowest BCUT2D eigenvalue weighted by Gasteiger charge is -2.28. The predicted molar refractivity (Wildman–Crippen MR) is 104 cm³/mol. The van der Waals surface area contributed by atoms with Crippen LogP contribution < -0.4 is 0 Å². The minimum absolute atomic E-state index is 0.220. The van der Waals surface area contributed by atoms with Gasteiger partial charge in [-0.1, -0.05) is 49.1 Å². The van der Waals surface area contributed by atoms with Gasteiger partial charge in [0.05, 0.1) is 0 Å². The number of aryl methyl sites for hydroxylation is 2. The van der Waals surface area contributed by atoms with Crippen LogP contribution >= 0.6 is 0 Å². The smallest absolute Gasteiger partial charge is 0.225 e. The van der Waals surface area contributed by atoms with E-state index >= 15 is 0 Å². The van der Waals surface area contributed by atoms with Gasteiger partial charge in [-0.3, -0.25) is 9.59 Å². The molecule has 2 aliphatic rings. The zero-order chi connectivity index (χ0) is 18.4. The van der Waals surface area contributed by atoms with E-state index < -0.39 is 0 Å². The summed E-state index contributed by atoms with van der Waals surface area (Å²) >= 11 is 0. The topological polar surface area (TPSA) is 40.6 Å². The zero-order valence-electron chi connectivity index (χ0n) is 16.1. The van der Waals surface area contributed by atoms with Crippen molar-refractivity contribution in [2.75, 3.05) is 26.2 Å². The third kappa shape index (κ3) is 5.09. The number of nitrogens with zero attached hydrogens (tertiary/aromatic N) is 2. The summed E-state index contributed by atoms with van der Waals surface area (Å²) in [4.78, 5) is 29.3. The van der Waals surface area contributed by atoms with Gasteiger partial charge in [0.1, 0.15) is 0 Å². The van der Waals surface area contributed by atoms with E-state index in [9.17, 15) is 9.59 Å². The Morgan fingerprint density at radius 2 is 1.54 bits per heavy atom. The highest BCUT2D eigenvalue weighted by Crippen LogP contribution is 2.26. The Kier molecular flexibility index (Phi) is 6.70. The third-order valence-corrected chi connectivity index (χ3v) is 5.86. The Morgan fingerprint density at radius 1 is 0.885 bits per heavy atom. The molecule has 1 saturated carbocycles. The van der Waals surface area contributed by atoms with Crippen molar-refractivity contribution in [1.29, 1.82) is 0 Å². The summed E-state index contributed by atoms with van der Waals surface area (Å²) in [6.07, 6.45) is 7.99. The van der Waals surface area contributed by atoms with Crippen LogP contribution in [0.3, 0.4) is 0 Å². The SMILES string of the molecule is Cc1ccc(CCC(=O)N2CCCN(C(=O)C3CCCCC3)CC2)cc1. The van der Waals surface area contributed by atoms with Crippen LogP contribution in [0, 0.1) is 12.8 Å². The van der Waals surface area contributed by atoms with Gasteiger partial charge in [-0.2, -0.15) is 0 Å². The molecule has 0 radical (unpaired) electrons. The summed E-state index contributed by atoms with van der Waals surface area (Å²) < 4.78 is 0. The zero-order valence-corrected chi connectivity index (χ0v) is 16.1. The third-order valence-electron chi connectivity index (χ3n) is 5.86. The van der Waals surface area contributed by atoms with Crippen molar-refractivity contribution in [3.8, 4) is 0 Å². The Morgan fingerprint density at radius 3 is 2.27 bits per heavy atom. The number of benzene rings is 1. The van der Waals surface area contributed by atoms with Crippen molar-refractivity contribution in [3.05, 3.63) is 35.4 Å². The molecule has 1 heterocycles. The fourth-order valence-electron chi connectivity index (χ4n) is 4.16. The van der Waals surface area contributed by atoms with E-state index in [1.54, 1.807) is 0 Å². The van der Waals surface area contributed by atoms with Crippen LogP contribution in [0.15, 0.2) is 24.3 Å². The van der Waals surface area contributed by atoms with Crippen molar-refractivity contribution >= 4 is 11.8 Å². The van der Waals surface area contributed by atoms with Crippen molar-refractivity contribution in [2.45, 2.75) is 58.3 Å². The Hall–Kier alpha value is -1.84. The number of hydrogen-bond acceptors (Lipinski definition) is 2. The molecule has 4 nitrogen and oxygen atoms in total. The highest BCUT2D eigenvalue weighted by molar-refractivity contribution is 5.79. The molecule has 0 atom stereocenters. The monoisotopic (exact) mass is 356 g/mol. The molecule has 1 saturated heterocycles. The quantitative estimate of drug-likeness (QED) is 0.827. The first-order chi connectivity index (χ1) is 12.6. The van der Waals surface area contributed by atoms with Crippen LogP contribution in [0.4, 0.5) is 0 Å². The van der Waals surface area contributed by atoms with E-state index in [0.29, 0.717) is 25.4 Å². The molecule has 1 aliphatic carbocycles. The summed E-state index contributed by atoms with van der Waals surface area (Å²) in [7, 11) is 0. The van der Waals surface area contributed by atoms with Gasteiger partial charge < -0.3 is 9.80 Å². The maximum atomic E-state index is 12.7. The normalized spacial score (nSPS) is 19.3. The maximum Gasteiger partial charge on any atom is 0.225 e. The Labute approximate surface area is 157 Å². The lowest BCUT2D eigenvalue weighted by Crippen LogP contribution is -2.40. The molecule has 0 N–H and O–H groups in total. The van der Waals surface area contributed by atoms with E-state index in [4.69, 9.17) is 0 Å². The first kappa shape index (κ1) is 18.9. The van der Waals surface area contributed by atoms with Gasteiger partial charge in [0.2, 0.25) is 11.8 Å². The van der Waals surface area contributed by atoms with E-state index in [-0.39, 0.29) is 11.8 Å².